The summed E-state index contributed by atoms with van der Waals surface area (Å²) < 4.78 is 38.3. The van der Waals surface area contributed by atoms with Gasteiger partial charge >= 0.3 is 5.97 Å². The van der Waals surface area contributed by atoms with Crippen LogP contribution in [0.4, 0.5) is 4.39 Å². The number of nitrogens with zero attached hydrogens (tertiary/aromatic N) is 1. The lowest BCUT2D eigenvalue weighted by molar-refractivity contribution is -0.140. The number of carbonyl (C=O) groups is 1. The lowest BCUT2D eigenvalue weighted by Crippen LogP contribution is -2.56. The molecule has 1 fully saturated rings. The molecule has 0 bridgehead atoms. The van der Waals surface area contributed by atoms with Gasteiger partial charge in [-0.1, -0.05) is 19.1 Å². The first-order valence-electron chi connectivity index (χ1n) is 8.35. The van der Waals surface area contributed by atoms with E-state index in [0.29, 0.717) is 19.5 Å². The van der Waals surface area contributed by atoms with Crippen molar-refractivity contribution in [3.63, 3.8) is 0 Å². The predicted octanol–water partition coefficient (Wildman–Crippen LogP) is 1.47. The number of rotatable bonds is 7. The highest BCUT2D eigenvalue weighted by Gasteiger charge is 2.50. The Morgan fingerprint density at radius 1 is 1.32 bits per heavy atom. The number of benzene rings is 1. The van der Waals surface area contributed by atoms with Crippen molar-refractivity contribution in [1.82, 2.24) is 9.62 Å². The molecule has 0 radical (unpaired) electrons. The predicted molar refractivity (Wildman–Crippen MR) is 93.3 cm³/mol. The summed E-state index contributed by atoms with van der Waals surface area (Å²) in [6.07, 6.45) is 0.478. The molecule has 140 valence electrons. The van der Waals surface area contributed by atoms with Crippen LogP contribution >= 0.6 is 0 Å². The fourth-order valence-electron chi connectivity index (χ4n) is 3.23. The van der Waals surface area contributed by atoms with Crippen LogP contribution in [0.1, 0.15) is 25.8 Å². The largest absolute Gasteiger partial charge is 0.480 e. The molecule has 0 aliphatic carbocycles. The van der Waals surface area contributed by atoms with Crippen molar-refractivity contribution < 1.29 is 22.7 Å². The molecule has 0 aromatic heterocycles. The molecule has 0 spiro atoms. The number of hydrogen-bond acceptors (Lipinski definition) is 4. The van der Waals surface area contributed by atoms with Gasteiger partial charge < -0.3 is 10.4 Å². The lowest BCUT2D eigenvalue weighted by atomic mass is 9.91. The number of carboxylic acids is 1. The Morgan fingerprint density at radius 2 is 1.88 bits per heavy atom. The van der Waals surface area contributed by atoms with Crippen LogP contribution in [0.2, 0.25) is 0 Å². The third kappa shape index (κ3) is 4.37. The second-order valence-electron chi connectivity index (χ2n) is 6.83. The summed E-state index contributed by atoms with van der Waals surface area (Å²) >= 11 is 0. The zero-order valence-corrected chi connectivity index (χ0v) is 15.4. The third-order valence-electron chi connectivity index (χ3n) is 4.67. The Kier molecular flexibility index (Phi) is 6.18. The van der Waals surface area contributed by atoms with Crippen LogP contribution in [0.25, 0.3) is 0 Å². The van der Waals surface area contributed by atoms with Crippen molar-refractivity contribution >= 4 is 16.0 Å². The molecule has 2 atom stereocenters. The van der Waals surface area contributed by atoms with Crippen molar-refractivity contribution in [2.45, 2.75) is 31.4 Å². The fraction of sp³-hybridized carbons (Fsp3) is 0.588. The summed E-state index contributed by atoms with van der Waals surface area (Å²) in [6.45, 7) is 4.68. The molecule has 0 amide bonds. The van der Waals surface area contributed by atoms with Crippen molar-refractivity contribution in [3.8, 4) is 0 Å². The zero-order valence-electron chi connectivity index (χ0n) is 14.5. The van der Waals surface area contributed by atoms with Crippen molar-refractivity contribution in [3.05, 3.63) is 35.6 Å². The minimum atomic E-state index is -3.98. The second kappa shape index (κ2) is 7.80. The Labute approximate surface area is 148 Å². The third-order valence-corrected chi connectivity index (χ3v) is 7.20. The molecule has 2 unspecified atom stereocenters. The lowest BCUT2D eigenvalue weighted by Gasteiger charge is -2.35. The van der Waals surface area contributed by atoms with Crippen LogP contribution in [0.3, 0.4) is 0 Å². The maximum Gasteiger partial charge on any atom is 0.326 e. The fourth-order valence-corrected chi connectivity index (χ4v) is 5.18. The molecule has 25 heavy (non-hydrogen) atoms. The van der Waals surface area contributed by atoms with Crippen LogP contribution in [0.15, 0.2) is 24.3 Å². The summed E-state index contributed by atoms with van der Waals surface area (Å²) in [4.78, 5) is 11.9. The number of nitrogens with one attached hydrogen (secondary N) is 1. The molecular formula is C17H25FN2O4S. The second-order valence-corrected chi connectivity index (χ2v) is 9.20. The van der Waals surface area contributed by atoms with Crippen LogP contribution < -0.4 is 5.32 Å². The molecule has 6 nitrogen and oxygen atoms in total. The quantitative estimate of drug-likeness (QED) is 0.757. The average molecular weight is 372 g/mol. The zero-order chi connectivity index (χ0) is 18.7. The van der Waals surface area contributed by atoms with E-state index in [1.807, 2.05) is 6.92 Å². The van der Waals surface area contributed by atoms with Gasteiger partial charge in [0.25, 0.3) is 0 Å². The summed E-state index contributed by atoms with van der Waals surface area (Å²) in [7, 11) is -3.98. The number of halogens is 1. The van der Waals surface area contributed by atoms with Gasteiger partial charge in [0.05, 0.1) is 0 Å². The topological polar surface area (TPSA) is 86.7 Å². The standard InChI is InChI=1S/C17H25FN2O4S/c1-13(11-14-3-5-15(18)6-4-14)12-17(2,16(21)22)25(23,24)20-9-7-19-8-10-20/h3-6,13,19H,7-12H2,1-2H3,(H,21,22). The minimum absolute atomic E-state index is 0.00796. The molecule has 1 aromatic carbocycles. The summed E-state index contributed by atoms with van der Waals surface area (Å²) in [5.41, 5.74) is 0.848. The number of carboxylic acid groups (broad SMARTS) is 1. The van der Waals surface area contributed by atoms with Crippen molar-refractivity contribution in [2.75, 3.05) is 26.2 Å². The van der Waals surface area contributed by atoms with Crippen molar-refractivity contribution in [1.29, 1.82) is 0 Å². The molecule has 1 heterocycles. The molecule has 1 saturated heterocycles. The van der Waals surface area contributed by atoms with Crippen LogP contribution in [-0.4, -0.2) is 54.7 Å². The molecule has 1 aliphatic heterocycles. The van der Waals surface area contributed by atoms with Gasteiger partial charge in [-0.3, -0.25) is 4.79 Å². The van der Waals surface area contributed by atoms with E-state index in [2.05, 4.69) is 5.32 Å². The summed E-state index contributed by atoms with van der Waals surface area (Å²) in [5, 5.41) is 12.7. The van der Waals surface area contributed by atoms with E-state index in [-0.39, 0.29) is 31.2 Å². The molecule has 1 aliphatic rings. The first-order valence-corrected chi connectivity index (χ1v) is 9.79. The molecule has 0 saturated carbocycles. The number of piperazine rings is 1. The summed E-state index contributed by atoms with van der Waals surface area (Å²) in [6, 6.07) is 5.95. The van der Waals surface area contributed by atoms with Gasteiger partial charge in [0.2, 0.25) is 10.0 Å². The Bertz CT molecular complexity index is 702. The summed E-state index contributed by atoms with van der Waals surface area (Å²) in [5.74, 6) is -1.87. The number of hydrogen-bond donors (Lipinski definition) is 2. The monoisotopic (exact) mass is 372 g/mol. The van der Waals surface area contributed by atoms with Gasteiger partial charge in [-0.2, -0.15) is 4.31 Å². The number of sulfonamides is 1. The van der Waals surface area contributed by atoms with E-state index in [9.17, 15) is 22.7 Å². The maximum absolute atomic E-state index is 13.0. The van der Waals surface area contributed by atoms with E-state index in [0.717, 1.165) is 5.56 Å². The molecule has 2 rings (SSSR count). The van der Waals surface area contributed by atoms with E-state index in [1.165, 1.54) is 23.4 Å². The van der Waals surface area contributed by atoms with Crippen LogP contribution in [0.5, 0.6) is 0 Å². The van der Waals surface area contributed by atoms with Crippen LogP contribution in [-0.2, 0) is 21.2 Å². The van der Waals surface area contributed by atoms with E-state index in [1.54, 1.807) is 12.1 Å². The van der Waals surface area contributed by atoms with E-state index >= 15 is 0 Å². The molecule has 1 aromatic rings. The van der Waals surface area contributed by atoms with Crippen molar-refractivity contribution in [2.24, 2.45) is 5.92 Å². The minimum Gasteiger partial charge on any atom is -0.480 e. The highest BCUT2D eigenvalue weighted by atomic mass is 32.2. The highest BCUT2D eigenvalue weighted by Crippen LogP contribution is 2.31. The van der Waals surface area contributed by atoms with E-state index in [4.69, 9.17) is 0 Å². The molecule has 2 N–H and O–H groups in total. The van der Waals surface area contributed by atoms with E-state index < -0.39 is 20.7 Å². The normalized spacial score (nSPS) is 20.0. The van der Waals surface area contributed by atoms with Gasteiger partial charge in [0.15, 0.2) is 4.75 Å². The molecular weight excluding hydrogens is 347 g/mol. The maximum atomic E-state index is 13.0. The Hall–Kier alpha value is -1.51. The van der Waals surface area contributed by atoms with Gasteiger partial charge in [0.1, 0.15) is 5.82 Å². The smallest absolute Gasteiger partial charge is 0.326 e. The first kappa shape index (κ1) is 19.8. The number of aliphatic carboxylic acids is 1. The first-order chi connectivity index (χ1) is 11.7. The SMILES string of the molecule is CC(Cc1ccc(F)cc1)CC(C)(C(=O)O)S(=O)(=O)N1CCNCC1. The van der Waals surface area contributed by atoms with Gasteiger partial charge in [-0.25, -0.2) is 12.8 Å². The highest BCUT2D eigenvalue weighted by molar-refractivity contribution is 7.91. The van der Waals surface area contributed by atoms with Gasteiger partial charge in [-0.15, -0.1) is 0 Å². The average Bonchev–Trinajstić information content (AvgIpc) is 2.57. The van der Waals surface area contributed by atoms with Crippen LogP contribution in [0, 0.1) is 11.7 Å². The van der Waals surface area contributed by atoms with Gasteiger partial charge in [-0.05, 0) is 43.4 Å². The Morgan fingerprint density at radius 3 is 2.40 bits per heavy atom. The van der Waals surface area contributed by atoms with Gasteiger partial charge in [0, 0.05) is 26.2 Å². The molecule has 8 heteroatoms. The Balaban J connectivity index is 2.17.